The van der Waals surface area contributed by atoms with Gasteiger partial charge < -0.3 is 14.5 Å². The minimum Gasteiger partial charge on any atom is -0.411 e. The van der Waals surface area contributed by atoms with Crippen LogP contribution in [-0.2, 0) is 21.1 Å². The number of halogens is 1. The Hall–Kier alpha value is -2.94. The molecule has 0 saturated heterocycles. The summed E-state index contributed by atoms with van der Waals surface area (Å²) in [7, 11) is -1.78. The first kappa shape index (κ1) is 25.7. The summed E-state index contributed by atoms with van der Waals surface area (Å²) < 4.78 is 30.4. The Kier molecular flexibility index (Phi) is 8.30. The van der Waals surface area contributed by atoms with Gasteiger partial charge in [0.05, 0.1) is 17.2 Å². The molecule has 0 aliphatic carbocycles. The Morgan fingerprint density at radius 2 is 1.85 bits per heavy atom. The van der Waals surface area contributed by atoms with Crippen LogP contribution in [0.2, 0.25) is 5.02 Å². The van der Waals surface area contributed by atoms with Crippen LogP contribution in [0.15, 0.2) is 75.6 Å². The van der Waals surface area contributed by atoms with Crippen molar-refractivity contribution in [2.24, 2.45) is 5.16 Å². The number of pyridine rings is 1. The monoisotopic (exact) mass is 502 g/mol. The Labute approximate surface area is 204 Å². The molecule has 1 N–H and O–H groups in total. The summed E-state index contributed by atoms with van der Waals surface area (Å²) in [6, 6.07) is 15.3. The lowest BCUT2D eigenvalue weighted by Crippen LogP contribution is -2.23. The smallest absolute Gasteiger partial charge is 0.250 e. The molecule has 9 heteroatoms. The maximum atomic E-state index is 12.2. The molecule has 2 aromatic carbocycles. The normalized spacial score (nSPS) is 13.1. The maximum absolute atomic E-state index is 12.2. The molecule has 3 aromatic rings. The molecule has 3 rings (SSSR count). The maximum Gasteiger partial charge on any atom is 0.250 e. The molecule has 1 heterocycles. The van der Waals surface area contributed by atoms with E-state index < -0.39 is 9.84 Å². The van der Waals surface area contributed by atoms with E-state index in [2.05, 4.69) is 5.16 Å². The lowest BCUT2D eigenvalue weighted by atomic mass is 9.83. The van der Waals surface area contributed by atoms with Crippen LogP contribution in [0, 0.1) is 6.92 Å². The number of oxime groups is 1. The molecular weight excluding hydrogens is 476 g/mol. The number of aryl methyl sites for hydroxylation is 1. The number of benzene rings is 2. The highest BCUT2D eigenvalue weighted by atomic mass is 35.5. The molecule has 180 valence electrons. The summed E-state index contributed by atoms with van der Waals surface area (Å²) in [5, 5.41) is 14.1. The van der Waals surface area contributed by atoms with Crippen molar-refractivity contribution in [1.82, 2.24) is 4.57 Å². The molecule has 1 unspecified atom stereocenters. The van der Waals surface area contributed by atoms with Crippen molar-refractivity contribution in [3.05, 3.63) is 98.4 Å². The third kappa shape index (κ3) is 6.14. The first-order chi connectivity index (χ1) is 16.1. The van der Waals surface area contributed by atoms with E-state index in [-0.39, 0.29) is 16.4 Å². The van der Waals surface area contributed by atoms with Crippen molar-refractivity contribution >= 4 is 27.1 Å². The van der Waals surface area contributed by atoms with Gasteiger partial charge in [-0.05, 0) is 53.9 Å². The van der Waals surface area contributed by atoms with Gasteiger partial charge in [-0.3, -0.25) is 4.79 Å². The first-order valence-electron chi connectivity index (χ1n) is 10.6. The molecule has 0 saturated carbocycles. The first-order valence-corrected chi connectivity index (χ1v) is 12.9. The Balaban J connectivity index is 2.05. The standard InChI is InChI=1S/C25H27ClN2O5S/c1-17-14-20(26)7-10-22(17)23(18-4-8-21(9-5-18)34(3,31)32)15-24(27-30)19-6-11-25(29)28(16-19)12-13-33-2/h4-11,14,16,23,30H,12-13,15H2,1-3H3/b27-24-. The quantitative estimate of drug-likeness (QED) is 0.268. The molecule has 7 nitrogen and oxygen atoms in total. The summed E-state index contributed by atoms with van der Waals surface area (Å²) in [4.78, 5) is 12.4. The minimum atomic E-state index is -3.33. The van der Waals surface area contributed by atoms with Gasteiger partial charge in [0.1, 0.15) is 0 Å². The Morgan fingerprint density at radius 3 is 2.44 bits per heavy atom. The lowest BCUT2D eigenvalue weighted by Gasteiger charge is -2.21. The molecule has 1 atom stereocenters. The number of nitrogens with zero attached hydrogens (tertiary/aromatic N) is 2. The van der Waals surface area contributed by atoms with Crippen molar-refractivity contribution in [3.63, 3.8) is 0 Å². The Morgan fingerprint density at radius 1 is 1.15 bits per heavy atom. The van der Waals surface area contributed by atoms with E-state index in [0.29, 0.717) is 35.9 Å². The molecule has 0 bridgehead atoms. The highest BCUT2D eigenvalue weighted by molar-refractivity contribution is 7.90. The molecular formula is C25H27ClN2O5S. The van der Waals surface area contributed by atoms with Gasteiger partial charge in [0.25, 0.3) is 5.56 Å². The summed E-state index contributed by atoms with van der Waals surface area (Å²) in [6.45, 7) is 2.68. The second kappa shape index (κ2) is 11.0. The van der Waals surface area contributed by atoms with Gasteiger partial charge in [0, 0.05) is 55.1 Å². The van der Waals surface area contributed by atoms with Crippen LogP contribution in [-0.4, -0.2) is 43.9 Å². The average Bonchev–Trinajstić information content (AvgIpc) is 2.80. The summed E-state index contributed by atoms with van der Waals surface area (Å²) in [5.74, 6) is -0.254. The zero-order valence-electron chi connectivity index (χ0n) is 19.2. The van der Waals surface area contributed by atoms with E-state index >= 15 is 0 Å². The summed E-state index contributed by atoms with van der Waals surface area (Å²) in [6.07, 6.45) is 3.12. The molecule has 0 fully saturated rings. The lowest BCUT2D eigenvalue weighted by molar-refractivity contribution is 0.186. The van der Waals surface area contributed by atoms with Crippen molar-refractivity contribution in [1.29, 1.82) is 0 Å². The average molecular weight is 503 g/mol. The number of methoxy groups -OCH3 is 1. The molecule has 0 radical (unpaired) electrons. The van der Waals surface area contributed by atoms with E-state index in [0.717, 1.165) is 22.9 Å². The number of rotatable bonds is 9. The van der Waals surface area contributed by atoms with E-state index in [1.165, 1.54) is 10.6 Å². The molecule has 1 aromatic heterocycles. The van der Waals surface area contributed by atoms with Gasteiger partial charge in [-0.2, -0.15) is 0 Å². The van der Waals surface area contributed by atoms with Gasteiger partial charge in [0.2, 0.25) is 0 Å². The molecule has 34 heavy (non-hydrogen) atoms. The van der Waals surface area contributed by atoms with E-state index in [1.54, 1.807) is 49.7 Å². The zero-order valence-corrected chi connectivity index (χ0v) is 20.8. The SMILES string of the molecule is COCCn1cc(/C(CC(c2ccc(S(C)(=O)=O)cc2)c2ccc(Cl)cc2C)=N\O)ccc1=O. The largest absolute Gasteiger partial charge is 0.411 e. The number of hydrogen-bond acceptors (Lipinski definition) is 6. The van der Waals surface area contributed by atoms with Gasteiger partial charge >= 0.3 is 0 Å². The van der Waals surface area contributed by atoms with Gasteiger partial charge in [-0.25, -0.2) is 8.42 Å². The van der Waals surface area contributed by atoms with Crippen molar-refractivity contribution in [2.75, 3.05) is 20.0 Å². The fourth-order valence-corrected chi connectivity index (χ4v) is 4.72. The highest BCUT2D eigenvalue weighted by Gasteiger charge is 2.22. The van der Waals surface area contributed by atoms with Crippen molar-refractivity contribution in [3.8, 4) is 0 Å². The fraction of sp³-hybridized carbons (Fsp3) is 0.280. The third-order valence-corrected chi connectivity index (χ3v) is 7.05. The minimum absolute atomic E-state index is 0.181. The van der Waals surface area contributed by atoms with Gasteiger partial charge in [-0.1, -0.05) is 35.0 Å². The van der Waals surface area contributed by atoms with E-state index in [1.807, 2.05) is 19.1 Å². The number of aromatic nitrogens is 1. The number of ether oxygens (including phenoxy) is 1. The number of sulfone groups is 1. The zero-order chi connectivity index (χ0) is 24.9. The van der Waals surface area contributed by atoms with E-state index in [4.69, 9.17) is 16.3 Å². The van der Waals surface area contributed by atoms with Gasteiger partial charge in [-0.15, -0.1) is 0 Å². The topological polar surface area (TPSA) is 98.0 Å². The Bertz CT molecular complexity index is 1350. The van der Waals surface area contributed by atoms with Crippen LogP contribution < -0.4 is 5.56 Å². The van der Waals surface area contributed by atoms with Crippen molar-refractivity contribution < 1.29 is 18.4 Å². The van der Waals surface area contributed by atoms with Gasteiger partial charge in [0.15, 0.2) is 9.84 Å². The summed E-state index contributed by atoms with van der Waals surface area (Å²) >= 11 is 6.17. The number of hydrogen-bond donors (Lipinski definition) is 1. The molecule has 0 aliphatic heterocycles. The predicted molar refractivity (Wildman–Crippen MR) is 133 cm³/mol. The third-order valence-electron chi connectivity index (χ3n) is 5.69. The molecule has 0 aliphatic rings. The summed E-state index contributed by atoms with van der Waals surface area (Å²) in [5.41, 5.74) is 3.57. The van der Waals surface area contributed by atoms with Crippen molar-refractivity contribution in [2.45, 2.75) is 30.7 Å². The van der Waals surface area contributed by atoms with Crippen LogP contribution in [0.5, 0.6) is 0 Å². The van der Waals surface area contributed by atoms with Crippen LogP contribution >= 0.6 is 11.6 Å². The van der Waals surface area contributed by atoms with Crippen LogP contribution in [0.25, 0.3) is 0 Å². The molecule has 0 spiro atoms. The fourth-order valence-electron chi connectivity index (χ4n) is 3.86. The van der Waals surface area contributed by atoms with Crippen LogP contribution in [0.3, 0.4) is 0 Å². The highest BCUT2D eigenvalue weighted by Crippen LogP contribution is 2.33. The predicted octanol–water partition coefficient (Wildman–Crippen LogP) is 4.26. The van der Waals surface area contributed by atoms with Crippen LogP contribution in [0.1, 0.15) is 34.6 Å². The molecule has 0 amide bonds. The van der Waals surface area contributed by atoms with Crippen LogP contribution in [0.4, 0.5) is 0 Å². The van der Waals surface area contributed by atoms with E-state index in [9.17, 15) is 18.4 Å². The second-order valence-electron chi connectivity index (χ2n) is 8.09. The second-order valence-corrected chi connectivity index (χ2v) is 10.5.